The minimum atomic E-state index is -1.86. The quantitative estimate of drug-likeness (QED) is 0.265. The van der Waals surface area contributed by atoms with Crippen LogP contribution in [0, 0.1) is 0 Å². The van der Waals surface area contributed by atoms with Crippen LogP contribution in [0.4, 0.5) is 0 Å². The summed E-state index contributed by atoms with van der Waals surface area (Å²) in [6.07, 6.45) is 0. The fourth-order valence-electron chi connectivity index (χ4n) is 3.80. The molecule has 0 aliphatic rings. The van der Waals surface area contributed by atoms with Crippen molar-refractivity contribution in [3.8, 4) is 11.5 Å². The third-order valence-corrected chi connectivity index (χ3v) is 6.93. The molecular formula is C26H38O5Si2. The van der Waals surface area contributed by atoms with Gasteiger partial charge in [0.25, 0.3) is 0 Å². The lowest BCUT2D eigenvalue weighted by molar-refractivity contribution is 0.0557. The number of ketones is 2. The van der Waals surface area contributed by atoms with Crippen LogP contribution in [0.3, 0.4) is 0 Å². The van der Waals surface area contributed by atoms with Crippen LogP contribution in [0.5, 0.6) is 11.5 Å². The van der Waals surface area contributed by atoms with Crippen LogP contribution < -0.4 is 4.74 Å². The molecule has 2 aromatic rings. The van der Waals surface area contributed by atoms with Gasteiger partial charge in [-0.25, -0.2) is 0 Å². The minimum absolute atomic E-state index is 0.0532. The highest BCUT2D eigenvalue weighted by Gasteiger charge is 2.35. The molecule has 33 heavy (non-hydrogen) atoms. The maximum Gasteiger partial charge on any atom is 0.192 e. The second kappa shape index (κ2) is 9.66. The minimum Gasteiger partial charge on any atom is -0.457 e. The number of carbonyl (C=O) groups is 2. The Labute approximate surface area is 200 Å². The highest BCUT2D eigenvalue weighted by molar-refractivity contribution is 6.70. The van der Waals surface area contributed by atoms with E-state index in [4.69, 9.17) is 13.6 Å². The van der Waals surface area contributed by atoms with Crippen LogP contribution >= 0.6 is 0 Å². The van der Waals surface area contributed by atoms with Crippen LogP contribution in [0.1, 0.15) is 48.4 Å². The summed E-state index contributed by atoms with van der Waals surface area (Å²) < 4.78 is 18.1. The first kappa shape index (κ1) is 27.2. The number of ether oxygens (including phenoxy) is 1. The highest BCUT2D eigenvalue weighted by atomic mass is 28.4. The molecule has 0 aromatic heterocycles. The van der Waals surface area contributed by atoms with Crippen LogP contribution in [0.2, 0.25) is 39.3 Å². The van der Waals surface area contributed by atoms with E-state index in [2.05, 4.69) is 39.3 Å². The third kappa shape index (κ3) is 8.03. The molecule has 0 amide bonds. The summed E-state index contributed by atoms with van der Waals surface area (Å²) in [7, 11) is -3.72. The van der Waals surface area contributed by atoms with Crippen molar-refractivity contribution in [1.82, 2.24) is 0 Å². The van der Waals surface area contributed by atoms with Crippen molar-refractivity contribution >= 4 is 28.2 Å². The Bertz CT molecular complexity index is 898. The Hall–Kier alpha value is -2.07. The predicted octanol–water partition coefficient (Wildman–Crippen LogP) is 7.10. The number of hydrogen-bond donors (Lipinski definition) is 0. The van der Waals surface area contributed by atoms with Crippen molar-refractivity contribution in [2.75, 3.05) is 0 Å². The summed E-state index contributed by atoms with van der Waals surface area (Å²) in [6.45, 7) is 19.7. The maximum atomic E-state index is 12.9. The first-order valence-corrected chi connectivity index (χ1v) is 18.1. The summed E-state index contributed by atoms with van der Waals surface area (Å²) in [6, 6.07) is 14.1. The second-order valence-corrected chi connectivity index (χ2v) is 20.1. The molecule has 0 saturated carbocycles. The van der Waals surface area contributed by atoms with Crippen LogP contribution in [-0.4, -0.2) is 39.4 Å². The lowest BCUT2D eigenvalue weighted by atomic mass is 9.97. The van der Waals surface area contributed by atoms with E-state index in [1.165, 1.54) is 0 Å². The van der Waals surface area contributed by atoms with Gasteiger partial charge in [-0.1, -0.05) is 0 Å². The topological polar surface area (TPSA) is 61.8 Å². The van der Waals surface area contributed by atoms with E-state index >= 15 is 0 Å². The molecule has 2 rings (SSSR count). The molecule has 0 fully saturated rings. The van der Waals surface area contributed by atoms with Crippen molar-refractivity contribution in [2.45, 2.75) is 78.2 Å². The number of Topliss-reactive ketones (excluding diaryl/α,β-unsaturated/α-hetero) is 2. The molecule has 0 atom stereocenters. The third-order valence-electron chi connectivity index (χ3n) is 4.69. The van der Waals surface area contributed by atoms with Gasteiger partial charge in [0.1, 0.15) is 22.7 Å². The van der Waals surface area contributed by atoms with Gasteiger partial charge in [0, 0.05) is 11.1 Å². The standard InChI is InChI=1S/C26H38O5Si2/c1-25(2,30-32(5,6)7)23(27)19-11-15-21(16-12-19)29-22-17-13-20(14-18-22)24(28)26(3,4)31-33(8,9)10/h11-18H,1-10H3. The van der Waals surface area contributed by atoms with E-state index in [9.17, 15) is 9.59 Å². The Balaban J connectivity index is 2.09. The zero-order chi connectivity index (χ0) is 25.2. The normalized spacial score (nSPS) is 13.0. The lowest BCUT2D eigenvalue weighted by Gasteiger charge is -2.31. The Morgan fingerprint density at radius 2 is 0.848 bits per heavy atom. The molecule has 0 aliphatic heterocycles. The molecule has 7 heteroatoms. The van der Waals surface area contributed by atoms with Gasteiger partial charge in [-0.3, -0.25) is 9.59 Å². The number of benzene rings is 2. The summed E-state index contributed by atoms with van der Waals surface area (Å²) in [4.78, 5) is 25.8. The number of hydrogen-bond acceptors (Lipinski definition) is 5. The summed E-state index contributed by atoms with van der Waals surface area (Å²) in [5.41, 5.74) is -0.586. The molecule has 2 aromatic carbocycles. The fourth-order valence-corrected chi connectivity index (χ4v) is 7.05. The Morgan fingerprint density at radius 3 is 1.09 bits per heavy atom. The van der Waals surface area contributed by atoms with Crippen molar-refractivity contribution in [1.29, 1.82) is 0 Å². The Morgan fingerprint density at radius 1 is 0.576 bits per heavy atom. The summed E-state index contributed by atoms with van der Waals surface area (Å²) >= 11 is 0. The first-order chi connectivity index (χ1) is 14.9. The van der Waals surface area contributed by atoms with Gasteiger partial charge >= 0.3 is 0 Å². The molecule has 0 saturated heterocycles. The van der Waals surface area contributed by atoms with Crippen molar-refractivity contribution in [3.63, 3.8) is 0 Å². The van der Waals surface area contributed by atoms with Crippen molar-refractivity contribution in [3.05, 3.63) is 59.7 Å². The van der Waals surface area contributed by atoms with Gasteiger partial charge in [0.05, 0.1) is 0 Å². The summed E-state index contributed by atoms with van der Waals surface area (Å²) in [5, 5.41) is 0. The lowest BCUT2D eigenvalue weighted by Crippen LogP contribution is -2.44. The fraction of sp³-hybridized carbons (Fsp3) is 0.462. The largest absolute Gasteiger partial charge is 0.457 e. The zero-order valence-electron chi connectivity index (χ0n) is 21.7. The van der Waals surface area contributed by atoms with Crippen LogP contribution in [0.15, 0.2) is 48.5 Å². The van der Waals surface area contributed by atoms with Gasteiger partial charge in [-0.2, -0.15) is 0 Å². The molecular weight excluding hydrogens is 448 g/mol. The SMILES string of the molecule is CC(C)(O[Si](C)(C)C)C(=O)c1ccc(Oc2ccc(C(=O)C(C)(C)O[Si](C)(C)C)cc2)cc1. The van der Waals surface area contributed by atoms with E-state index in [0.29, 0.717) is 22.6 Å². The molecule has 0 N–H and O–H groups in total. The number of rotatable bonds is 10. The molecule has 0 unspecified atom stereocenters. The molecule has 5 nitrogen and oxygen atoms in total. The molecule has 0 bridgehead atoms. The van der Waals surface area contributed by atoms with E-state index in [0.717, 1.165) is 0 Å². The highest BCUT2D eigenvalue weighted by Crippen LogP contribution is 2.27. The van der Waals surface area contributed by atoms with E-state index in [-0.39, 0.29) is 11.6 Å². The van der Waals surface area contributed by atoms with Crippen LogP contribution in [-0.2, 0) is 8.85 Å². The van der Waals surface area contributed by atoms with Gasteiger partial charge in [-0.05, 0) is 116 Å². The Kier molecular flexibility index (Phi) is 7.96. The molecule has 0 aliphatic carbocycles. The maximum absolute atomic E-state index is 12.9. The molecule has 0 radical (unpaired) electrons. The van der Waals surface area contributed by atoms with Gasteiger partial charge in [0.2, 0.25) is 0 Å². The smallest absolute Gasteiger partial charge is 0.192 e. The number of carbonyl (C=O) groups excluding carboxylic acids is 2. The second-order valence-electron chi connectivity index (χ2n) is 11.3. The van der Waals surface area contributed by atoms with Crippen LogP contribution in [0.25, 0.3) is 0 Å². The van der Waals surface area contributed by atoms with E-state index < -0.39 is 27.8 Å². The average Bonchev–Trinajstić information content (AvgIpc) is 2.64. The predicted molar refractivity (Wildman–Crippen MR) is 139 cm³/mol. The van der Waals surface area contributed by atoms with Gasteiger partial charge < -0.3 is 13.6 Å². The molecule has 180 valence electrons. The average molecular weight is 487 g/mol. The first-order valence-electron chi connectivity index (χ1n) is 11.3. The van der Waals surface area contributed by atoms with Gasteiger partial charge in [-0.15, -0.1) is 0 Å². The van der Waals surface area contributed by atoms with E-state index in [1.54, 1.807) is 48.5 Å². The molecule has 0 spiro atoms. The molecule has 0 heterocycles. The van der Waals surface area contributed by atoms with Crippen molar-refractivity contribution in [2.24, 2.45) is 0 Å². The monoisotopic (exact) mass is 486 g/mol. The van der Waals surface area contributed by atoms with Crippen molar-refractivity contribution < 1.29 is 23.2 Å². The van der Waals surface area contributed by atoms with E-state index in [1.807, 2.05) is 27.7 Å². The zero-order valence-corrected chi connectivity index (χ0v) is 23.7. The van der Waals surface area contributed by atoms with Gasteiger partial charge in [0.15, 0.2) is 28.2 Å². The summed E-state index contributed by atoms with van der Waals surface area (Å²) in [5.74, 6) is 1.11.